The van der Waals surface area contributed by atoms with Crippen LogP contribution in [0.1, 0.15) is 22.8 Å². The van der Waals surface area contributed by atoms with Crippen molar-refractivity contribution in [3.63, 3.8) is 0 Å². The Balaban J connectivity index is 1.87. The molecule has 0 atom stereocenters. The first kappa shape index (κ1) is 18.5. The molecule has 5 heteroatoms. The Morgan fingerprint density at radius 3 is 2.48 bits per heavy atom. The zero-order chi connectivity index (χ0) is 19.2. The standard InChI is InChI=1S/C22H22N2O3/c1-3-23-21(25)14-27-20-12-11-19(17-9-4-5-10-18(17)20)22(26)24-16-8-6-7-15(2)13-16/h4-13H,3,14H2,1-2H3,(H,23,25)(H,24,26). The van der Waals surface area contributed by atoms with E-state index in [-0.39, 0.29) is 18.4 Å². The third-order valence-corrected chi connectivity index (χ3v) is 4.14. The average molecular weight is 362 g/mol. The predicted molar refractivity (Wildman–Crippen MR) is 107 cm³/mol. The Labute approximate surface area is 158 Å². The van der Waals surface area contributed by atoms with Gasteiger partial charge in [0.2, 0.25) is 0 Å². The maximum atomic E-state index is 12.8. The Hall–Kier alpha value is -3.34. The number of carbonyl (C=O) groups is 2. The fourth-order valence-corrected chi connectivity index (χ4v) is 2.91. The number of aryl methyl sites for hydroxylation is 1. The molecule has 0 aliphatic carbocycles. The van der Waals surface area contributed by atoms with Crippen molar-refractivity contribution in [1.29, 1.82) is 0 Å². The molecule has 0 heterocycles. The molecule has 0 fully saturated rings. The van der Waals surface area contributed by atoms with Gasteiger partial charge in [0, 0.05) is 23.2 Å². The van der Waals surface area contributed by atoms with Gasteiger partial charge >= 0.3 is 0 Å². The van der Waals surface area contributed by atoms with E-state index in [4.69, 9.17) is 4.74 Å². The van der Waals surface area contributed by atoms with Crippen molar-refractivity contribution in [3.8, 4) is 5.75 Å². The van der Waals surface area contributed by atoms with Gasteiger partial charge in [-0.15, -0.1) is 0 Å². The zero-order valence-corrected chi connectivity index (χ0v) is 15.4. The van der Waals surface area contributed by atoms with Gasteiger partial charge in [0.05, 0.1) is 0 Å². The first-order valence-electron chi connectivity index (χ1n) is 8.87. The summed E-state index contributed by atoms with van der Waals surface area (Å²) >= 11 is 0. The molecule has 0 unspecified atom stereocenters. The molecule has 2 amide bonds. The van der Waals surface area contributed by atoms with Crippen molar-refractivity contribution >= 4 is 28.3 Å². The SMILES string of the molecule is CCNC(=O)COc1ccc(C(=O)Nc2cccc(C)c2)c2ccccc12. The number of hydrogen-bond acceptors (Lipinski definition) is 3. The van der Waals surface area contributed by atoms with E-state index in [2.05, 4.69) is 10.6 Å². The Kier molecular flexibility index (Phi) is 5.71. The van der Waals surface area contributed by atoms with Gasteiger partial charge in [-0.05, 0) is 49.1 Å². The molecular weight excluding hydrogens is 340 g/mol. The second kappa shape index (κ2) is 8.36. The van der Waals surface area contributed by atoms with E-state index in [1.807, 2.05) is 62.4 Å². The van der Waals surface area contributed by atoms with Crippen molar-refractivity contribution in [1.82, 2.24) is 5.32 Å². The normalized spacial score (nSPS) is 10.4. The van der Waals surface area contributed by atoms with E-state index < -0.39 is 0 Å². The lowest BCUT2D eigenvalue weighted by atomic mass is 10.0. The molecule has 0 spiro atoms. The van der Waals surface area contributed by atoms with Gasteiger partial charge in [-0.25, -0.2) is 0 Å². The molecule has 0 saturated heterocycles. The lowest BCUT2D eigenvalue weighted by molar-refractivity contribution is -0.122. The summed E-state index contributed by atoms with van der Waals surface area (Å²) < 4.78 is 5.66. The number of benzene rings is 3. The van der Waals surface area contributed by atoms with Gasteiger partial charge in [-0.2, -0.15) is 0 Å². The fourth-order valence-electron chi connectivity index (χ4n) is 2.91. The molecule has 27 heavy (non-hydrogen) atoms. The van der Waals surface area contributed by atoms with Gasteiger partial charge in [0.15, 0.2) is 6.61 Å². The summed E-state index contributed by atoms with van der Waals surface area (Å²) in [6.07, 6.45) is 0. The molecule has 0 aliphatic rings. The van der Waals surface area contributed by atoms with Crippen LogP contribution in [0.5, 0.6) is 5.75 Å². The maximum Gasteiger partial charge on any atom is 0.257 e. The maximum absolute atomic E-state index is 12.8. The first-order valence-corrected chi connectivity index (χ1v) is 8.87. The molecule has 138 valence electrons. The largest absolute Gasteiger partial charge is 0.483 e. The highest BCUT2D eigenvalue weighted by atomic mass is 16.5. The third-order valence-electron chi connectivity index (χ3n) is 4.14. The summed E-state index contributed by atoms with van der Waals surface area (Å²) in [6.45, 7) is 4.33. The Bertz CT molecular complexity index is 982. The first-order chi connectivity index (χ1) is 13.1. The van der Waals surface area contributed by atoms with Crippen LogP contribution in [0.3, 0.4) is 0 Å². The molecule has 0 bridgehead atoms. The minimum Gasteiger partial charge on any atom is -0.483 e. The number of amides is 2. The number of likely N-dealkylation sites (N-methyl/N-ethyl adjacent to an activating group) is 1. The summed E-state index contributed by atoms with van der Waals surface area (Å²) in [5, 5.41) is 7.20. The smallest absolute Gasteiger partial charge is 0.257 e. The van der Waals surface area contributed by atoms with Crippen LogP contribution in [0.15, 0.2) is 60.7 Å². The highest BCUT2D eigenvalue weighted by Gasteiger charge is 2.14. The fraction of sp³-hybridized carbons (Fsp3) is 0.182. The molecule has 2 N–H and O–H groups in total. The molecule has 5 nitrogen and oxygen atoms in total. The van der Waals surface area contributed by atoms with E-state index in [1.165, 1.54) is 0 Å². The van der Waals surface area contributed by atoms with Crippen molar-refractivity contribution in [3.05, 3.63) is 71.8 Å². The topological polar surface area (TPSA) is 67.4 Å². The quantitative estimate of drug-likeness (QED) is 0.698. The number of carbonyl (C=O) groups excluding carboxylic acids is 2. The van der Waals surface area contributed by atoms with Crippen molar-refractivity contribution in [2.75, 3.05) is 18.5 Å². The van der Waals surface area contributed by atoms with E-state index in [9.17, 15) is 9.59 Å². The number of nitrogens with one attached hydrogen (secondary N) is 2. The summed E-state index contributed by atoms with van der Waals surface area (Å²) in [7, 11) is 0. The predicted octanol–water partition coefficient (Wildman–Crippen LogP) is 3.92. The minimum atomic E-state index is -0.188. The molecule has 0 aliphatic heterocycles. The van der Waals surface area contributed by atoms with Crippen molar-refractivity contribution in [2.45, 2.75) is 13.8 Å². The summed E-state index contributed by atoms with van der Waals surface area (Å²) in [5.74, 6) is 0.207. The summed E-state index contributed by atoms with van der Waals surface area (Å²) in [4.78, 5) is 24.4. The Morgan fingerprint density at radius 1 is 0.963 bits per heavy atom. The number of fused-ring (bicyclic) bond motifs is 1. The number of ether oxygens (including phenoxy) is 1. The summed E-state index contributed by atoms with van der Waals surface area (Å²) in [5.41, 5.74) is 2.38. The van der Waals surface area contributed by atoms with E-state index in [0.717, 1.165) is 22.0 Å². The van der Waals surface area contributed by atoms with Crippen LogP contribution >= 0.6 is 0 Å². The van der Waals surface area contributed by atoms with Crippen molar-refractivity contribution in [2.24, 2.45) is 0 Å². The molecule has 3 aromatic carbocycles. The lowest BCUT2D eigenvalue weighted by Crippen LogP contribution is -2.28. The second-order valence-electron chi connectivity index (χ2n) is 6.22. The highest BCUT2D eigenvalue weighted by Crippen LogP contribution is 2.29. The molecule has 0 radical (unpaired) electrons. The second-order valence-corrected chi connectivity index (χ2v) is 6.22. The highest BCUT2D eigenvalue weighted by molar-refractivity contribution is 6.14. The molecule has 3 rings (SSSR count). The van der Waals surface area contributed by atoms with E-state index in [0.29, 0.717) is 17.9 Å². The monoisotopic (exact) mass is 362 g/mol. The third kappa shape index (κ3) is 4.44. The minimum absolute atomic E-state index is 0.0628. The van der Waals surface area contributed by atoms with Crippen molar-refractivity contribution < 1.29 is 14.3 Å². The van der Waals surface area contributed by atoms with Gasteiger partial charge in [0.25, 0.3) is 11.8 Å². The summed E-state index contributed by atoms with van der Waals surface area (Å²) in [6, 6.07) is 18.6. The average Bonchev–Trinajstić information content (AvgIpc) is 2.66. The number of rotatable bonds is 6. The van der Waals surface area contributed by atoms with Crippen LogP contribution in [0.4, 0.5) is 5.69 Å². The number of anilines is 1. The van der Waals surface area contributed by atoms with Crippen LogP contribution in [0.2, 0.25) is 0 Å². The van der Waals surface area contributed by atoms with Crippen LogP contribution < -0.4 is 15.4 Å². The lowest BCUT2D eigenvalue weighted by Gasteiger charge is -2.13. The molecule has 3 aromatic rings. The number of hydrogen-bond donors (Lipinski definition) is 2. The van der Waals surface area contributed by atoms with Crippen LogP contribution in [0, 0.1) is 6.92 Å². The van der Waals surface area contributed by atoms with Gasteiger partial charge in [-0.3, -0.25) is 9.59 Å². The zero-order valence-electron chi connectivity index (χ0n) is 15.4. The van der Waals surface area contributed by atoms with E-state index >= 15 is 0 Å². The van der Waals surface area contributed by atoms with Crippen LogP contribution in [-0.2, 0) is 4.79 Å². The van der Waals surface area contributed by atoms with Crippen LogP contribution in [0.25, 0.3) is 10.8 Å². The van der Waals surface area contributed by atoms with Gasteiger partial charge in [0.1, 0.15) is 5.75 Å². The molecule has 0 aromatic heterocycles. The van der Waals surface area contributed by atoms with Gasteiger partial charge < -0.3 is 15.4 Å². The van der Waals surface area contributed by atoms with Gasteiger partial charge in [-0.1, -0.05) is 36.4 Å². The molecule has 0 saturated carbocycles. The molecular formula is C22H22N2O3. The Morgan fingerprint density at radius 2 is 1.74 bits per heavy atom. The van der Waals surface area contributed by atoms with E-state index in [1.54, 1.807) is 12.1 Å². The van der Waals surface area contributed by atoms with Crippen LogP contribution in [-0.4, -0.2) is 25.0 Å².